The number of hydrogen-bond donors (Lipinski definition) is 2. The van der Waals surface area contributed by atoms with Crippen LogP contribution in [0.1, 0.15) is 10.4 Å². The number of rotatable bonds is 4. The SMILES string of the molecule is NC(=O)c1cccc(NC(=O)Cn2c(=O)oc3ccccc32)c1. The van der Waals surface area contributed by atoms with Gasteiger partial charge in [0, 0.05) is 11.3 Å². The summed E-state index contributed by atoms with van der Waals surface area (Å²) in [5, 5.41) is 2.62. The summed E-state index contributed by atoms with van der Waals surface area (Å²) >= 11 is 0. The largest absolute Gasteiger partial charge is 0.420 e. The average Bonchev–Trinajstić information content (AvgIpc) is 2.83. The maximum Gasteiger partial charge on any atom is 0.420 e. The molecule has 7 nitrogen and oxygen atoms in total. The number of oxazole rings is 1. The molecular formula is C16H13N3O4. The van der Waals surface area contributed by atoms with E-state index in [4.69, 9.17) is 10.2 Å². The Bertz CT molecular complexity index is 955. The summed E-state index contributed by atoms with van der Waals surface area (Å²) in [5.74, 6) is -1.61. The third-order valence-electron chi connectivity index (χ3n) is 3.31. The summed E-state index contributed by atoms with van der Waals surface area (Å²) in [4.78, 5) is 35.1. The van der Waals surface area contributed by atoms with Gasteiger partial charge in [-0.15, -0.1) is 0 Å². The van der Waals surface area contributed by atoms with Crippen LogP contribution < -0.4 is 16.8 Å². The number of carbonyl (C=O) groups is 2. The van der Waals surface area contributed by atoms with E-state index >= 15 is 0 Å². The number of anilines is 1. The van der Waals surface area contributed by atoms with Crippen molar-refractivity contribution in [2.45, 2.75) is 6.54 Å². The molecule has 2 amide bonds. The van der Waals surface area contributed by atoms with E-state index in [1.54, 1.807) is 42.5 Å². The van der Waals surface area contributed by atoms with E-state index in [0.29, 0.717) is 16.8 Å². The van der Waals surface area contributed by atoms with Gasteiger partial charge in [-0.3, -0.25) is 14.2 Å². The lowest BCUT2D eigenvalue weighted by Crippen LogP contribution is -2.25. The summed E-state index contributed by atoms with van der Waals surface area (Å²) in [6.45, 7) is -0.198. The monoisotopic (exact) mass is 311 g/mol. The van der Waals surface area contributed by atoms with Crippen LogP contribution in [0.25, 0.3) is 11.1 Å². The number of nitrogens with two attached hydrogens (primary N) is 1. The Hall–Kier alpha value is -3.35. The van der Waals surface area contributed by atoms with Crippen LogP contribution in [-0.2, 0) is 11.3 Å². The quantitative estimate of drug-likeness (QED) is 0.757. The third-order valence-corrected chi connectivity index (χ3v) is 3.31. The number of hydrogen-bond acceptors (Lipinski definition) is 4. The predicted octanol–water partition coefficient (Wildman–Crippen LogP) is 1.33. The fourth-order valence-corrected chi connectivity index (χ4v) is 2.26. The molecule has 3 rings (SSSR count). The summed E-state index contributed by atoms with van der Waals surface area (Å²) in [6, 6.07) is 13.1. The second-order valence-corrected chi connectivity index (χ2v) is 4.92. The standard InChI is InChI=1S/C16H13N3O4/c17-15(21)10-4-3-5-11(8-10)18-14(20)9-19-12-6-1-2-7-13(12)23-16(19)22/h1-8H,9H2,(H2,17,21)(H,18,20). The first kappa shape index (κ1) is 14.6. The van der Waals surface area contributed by atoms with Crippen LogP contribution in [0.15, 0.2) is 57.7 Å². The highest BCUT2D eigenvalue weighted by atomic mass is 16.4. The Morgan fingerprint density at radius 2 is 1.91 bits per heavy atom. The van der Waals surface area contributed by atoms with Crippen molar-refractivity contribution in [2.24, 2.45) is 5.73 Å². The van der Waals surface area contributed by atoms with Crippen molar-refractivity contribution < 1.29 is 14.0 Å². The average molecular weight is 311 g/mol. The maximum atomic E-state index is 12.1. The van der Waals surface area contributed by atoms with Gasteiger partial charge in [0.25, 0.3) is 0 Å². The van der Waals surface area contributed by atoms with Crippen molar-refractivity contribution in [3.63, 3.8) is 0 Å². The minimum atomic E-state index is -0.604. The van der Waals surface area contributed by atoms with Crippen LogP contribution in [0.3, 0.4) is 0 Å². The van der Waals surface area contributed by atoms with E-state index in [0.717, 1.165) is 0 Å². The van der Waals surface area contributed by atoms with Crippen LogP contribution in [0, 0.1) is 0 Å². The third kappa shape index (κ3) is 2.98. The predicted molar refractivity (Wildman–Crippen MR) is 84.1 cm³/mol. The van der Waals surface area contributed by atoms with Gasteiger partial charge in [-0.2, -0.15) is 0 Å². The van der Waals surface area contributed by atoms with Gasteiger partial charge in [-0.05, 0) is 30.3 Å². The van der Waals surface area contributed by atoms with Crippen LogP contribution in [0.4, 0.5) is 5.69 Å². The fraction of sp³-hybridized carbons (Fsp3) is 0.0625. The van der Waals surface area contributed by atoms with Gasteiger partial charge in [-0.1, -0.05) is 18.2 Å². The molecule has 23 heavy (non-hydrogen) atoms. The molecule has 0 saturated heterocycles. The molecule has 0 radical (unpaired) electrons. The number of nitrogens with zero attached hydrogens (tertiary/aromatic N) is 1. The highest BCUT2D eigenvalue weighted by Crippen LogP contribution is 2.13. The van der Waals surface area contributed by atoms with E-state index in [9.17, 15) is 14.4 Å². The minimum Gasteiger partial charge on any atom is -0.408 e. The number of carbonyl (C=O) groups excluding carboxylic acids is 2. The Balaban J connectivity index is 1.82. The molecule has 0 atom stereocenters. The lowest BCUT2D eigenvalue weighted by Gasteiger charge is -2.06. The second-order valence-electron chi connectivity index (χ2n) is 4.92. The zero-order valence-corrected chi connectivity index (χ0v) is 12.0. The molecule has 7 heteroatoms. The van der Waals surface area contributed by atoms with Crippen LogP contribution >= 0.6 is 0 Å². The van der Waals surface area contributed by atoms with Gasteiger partial charge < -0.3 is 15.5 Å². The molecule has 0 aliphatic carbocycles. The molecule has 3 N–H and O–H groups in total. The first-order valence-electron chi connectivity index (χ1n) is 6.83. The first-order chi connectivity index (χ1) is 11.0. The van der Waals surface area contributed by atoms with Crippen molar-refractivity contribution in [2.75, 3.05) is 5.32 Å². The van der Waals surface area contributed by atoms with Crippen molar-refractivity contribution >= 4 is 28.6 Å². The Morgan fingerprint density at radius 1 is 1.13 bits per heavy atom. The molecule has 0 aliphatic rings. The molecule has 1 heterocycles. The first-order valence-corrected chi connectivity index (χ1v) is 6.83. The number of aromatic nitrogens is 1. The number of para-hydroxylation sites is 2. The normalized spacial score (nSPS) is 10.6. The zero-order valence-electron chi connectivity index (χ0n) is 12.0. The highest BCUT2D eigenvalue weighted by Gasteiger charge is 2.12. The van der Waals surface area contributed by atoms with Crippen LogP contribution in [0.2, 0.25) is 0 Å². The van der Waals surface area contributed by atoms with Gasteiger partial charge in [0.1, 0.15) is 6.54 Å². The Kier molecular flexibility index (Phi) is 3.68. The molecule has 2 aromatic carbocycles. The maximum absolute atomic E-state index is 12.1. The lowest BCUT2D eigenvalue weighted by molar-refractivity contribution is -0.116. The van der Waals surface area contributed by atoms with E-state index in [1.165, 1.54) is 10.6 Å². The molecule has 116 valence electrons. The topological polar surface area (TPSA) is 107 Å². The molecule has 0 unspecified atom stereocenters. The van der Waals surface area contributed by atoms with Crippen LogP contribution in [-0.4, -0.2) is 16.4 Å². The van der Waals surface area contributed by atoms with E-state index in [2.05, 4.69) is 5.32 Å². The molecule has 3 aromatic rings. The summed E-state index contributed by atoms with van der Waals surface area (Å²) < 4.78 is 6.31. The minimum absolute atomic E-state index is 0.198. The highest BCUT2D eigenvalue weighted by molar-refractivity contribution is 5.96. The molecule has 0 aliphatic heterocycles. The second kappa shape index (κ2) is 5.80. The molecule has 0 fully saturated rings. The van der Waals surface area contributed by atoms with Gasteiger partial charge >= 0.3 is 5.76 Å². The molecule has 0 saturated carbocycles. The number of nitrogens with one attached hydrogen (secondary N) is 1. The van der Waals surface area contributed by atoms with Gasteiger partial charge in [0.05, 0.1) is 5.52 Å². The molecule has 1 aromatic heterocycles. The molecule has 0 bridgehead atoms. The molecular weight excluding hydrogens is 298 g/mol. The van der Waals surface area contributed by atoms with E-state index in [1.807, 2.05) is 0 Å². The van der Waals surface area contributed by atoms with Crippen molar-refractivity contribution in [1.29, 1.82) is 0 Å². The summed E-state index contributed by atoms with van der Waals surface area (Å²) in [6.07, 6.45) is 0. The lowest BCUT2D eigenvalue weighted by atomic mass is 10.2. The summed E-state index contributed by atoms with van der Waals surface area (Å²) in [7, 11) is 0. The zero-order chi connectivity index (χ0) is 16.4. The number of fused-ring (bicyclic) bond motifs is 1. The van der Waals surface area contributed by atoms with E-state index in [-0.39, 0.29) is 12.1 Å². The fourth-order valence-electron chi connectivity index (χ4n) is 2.26. The summed E-state index contributed by atoms with van der Waals surface area (Å²) in [5.41, 5.74) is 6.86. The number of amides is 2. The number of primary amides is 1. The van der Waals surface area contributed by atoms with Crippen molar-refractivity contribution in [3.05, 3.63) is 64.6 Å². The van der Waals surface area contributed by atoms with Crippen molar-refractivity contribution in [3.8, 4) is 0 Å². The van der Waals surface area contributed by atoms with Gasteiger partial charge in [-0.25, -0.2) is 4.79 Å². The van der Waals surface area contributed by atoms with Crippen molar-refractivity contribution in [1.82, 2.24) is 4.57 Å². The molecule has 0 spiro atoms. The Morgan fingerprint density at radius 3 is 2.70 bits per heavy atom. The van der Waals surface area contributed by atoms with E-state index < -0.39 is 17.6 Å². The van der Waals surface area contributed by atoms with Gasteiger partial charge in [0.2, 0.25) is 11.8 Å². The Labute approximate surface area is 130 Å². The van der Waals surface area contributed by atoms with Gasteiger partial charge in [0.15, 0.2) is 5.58 Å². The smallest absolute Gasteiger partial charge is 0.408 e. The van der Waals surface area contributed by atoms with Crippen LogP contribution in [0.5, 0.6) is 0 Å². The number of benzene rings is 2.